The number of aryl methyl sites for hydroxylation is 10. The normalized spacial score (nSPS) is 13.7. The molecule has 0 aliphatic rings. The van der Waals surface area contributed by atoms with Gasteiger partial charge in [-0.25, -0.2) is 0 Å². The molecule has 1 radical (unpaired) electrons. The van der Waals surface area contributed by atoms with Crippen molar-refractivity contribution in [2.75, 3.05) is 0 Å². The van der Waals surface area contributed by atoms with Gasteiger partial charge in [-0.05, 0) is 128 Å². The van der Waals surface area contributed by atoms with Crippen molar-refractivity contribution < 1.29 is 36.6 Å². The van der Waals surface area contributed by atoms with Crippen LogP contribution in [0.2, 0.25) is 0 Å². The van der Waals surface area contributed by atoms with Gasteiger partial charge in [0.05, 0.1) is 0 Å². The Hall–Kier alpha value is -4.85. The molecule has 0 saturated carbocycles. The van der Waals surface area contributed by atoms with Crippen molar-refractivity contribution in [2.45, 2.75) is 95.2 Å². The molecule has 277 valence electrons. The number of carbonyl (C=O) groups excluding carboxylic acids is 2. The molecule has 0 aliphatic heterocycles. The van der Waals surface area contributed by atoms with Gasteiger partial charge >= 0.3 is 16.8 Å². The summed E-state index contributed by atoms with van der Waals surface area (Å²) in [5, 5.41) is 28.1. The van der Waals surface area contributed by atoms with E-state index in [1.165, 1.54) is 26.3 Å². The molecule has 0 heterocycles. The Morgan fingerprint density at radius 2 is 0.717 bits per heavy atom. The van der Waals surface area contributed by atoms with Crippen molar-refractivity contribution in [1.82, 2.24) is 0 Å². The maximum atomic E-state index is 14.0. The van der Waals surface area contributed by atoms with E-state index in [0.29, 0.717) is 11.1 Å². The monoisotopic (exact) mass is 753 g/mol. The van der Waals surface area contributed by atoms with Gasteiger partial charge < -0.3 is 10.2 Å². The Morgan fingerprint density at radius 3 is 0.962 bits per heavy atom. The Balaban J connectivity index is 0.00000756. The van der Waals surface area contributed by atoms with Crippen LogP contribution in [0.3, 0.4) is 0 Å². The Bertz CT molecular complexity index is 1950. The van der Waals surface area contributed by atoms with Crippen LogP contribution in [0.4, 0.5) is 0 Å². The molecule has 4 aromatic rings. The van der Waals surface area contributed by atoms with Gasteiger partial charge in [-0.15, -0.1) is 0 Å². The number of hydrogen-bond acceptors (Lipinski definition) is 6. The molecule has 7 heteroatoms. The fraction of sp³-hybridized carbons (Fsp3) is 0.304. The van der Waals surface area contributed by atoms with E-state index in [1.807, 2.05) is 118 Å². The largest absolute Gasteiger partial charge is 2.00 e. The SMILES string of the molecule is CC(=O)/C(C=N[C@@H](c1cc(C)cc(C)c1)[C@@H](N=C/C(C(C)=O)=C(/[O-])c1c(C)cc(C)cc1C)c1cc(C)cc(C)c1)=C(\[O-])c1c(C)cc(C)cc1C.[Co+2]. The van der Waals surface area contributed by atoms with Crippen molar-refractivity contribution in [2.24, 2.45) is 9.98 Å². The van der Waals surface area contributed by atoms with E-state index in [2.05, 4.69) is 12.1 Å². The first-order valence-electron chi connectivity index (χ1n) is 17.6. The van der Waals surface area contributed by atoms with Crippen LogP contribution in [0, 0.1) is 69.2 Å². The first-order chi connectivity index (χ1) is 24.4. The zero-order valence-electron chi connectivity index (χ0n) is 32.9. The van der Waals surface area contributed by atoms with Crippen molar-refractivity contribution >= 4 is 35.5 Å². The van der Waals surface area contributed by atoms with Crippen LogP contribution in [-0.4, -0.2) is 24.0 Å². The molecule has 6 nitrogen and oxygen atoms in total. The van der Waals surface area contributed by atoms with Crippen LogP contribution in [0.5, 0.6) is 0 Å². The zero-order valence-corrected chi connectivity index (χ0v) is 34.0. The summed E-state index contributed by atoms with van der Waals surface area (Å²) in [4.78, 5) is 36.4. The molecule has 4 rings (SSSR count). The predicted octanol–water partition coefficient (Wildman–Crippen LogP) is 8.41. The number of rotatable bonds is 11. The minimum Gasteiger partial charge on any atom is -0.872 e. The topological polar surface area (TPSA) is 105 Å². The van der Waals surface area contributed by atoms with Gasteiger partial charge in [-0.3, -0.25) is 19.6 Å². The fourth-order valence-corrected chi connectivity index (χ4v) is 7.34. The van der Waals surface area contributed by atoms with Crippen molar-refractivity contribution in [3.05, 3.63) is 150 Å². The van der Waals surface area contributed by atoms with Crippen LogP contribution in [0.25, 0.3) is 11.5 Å². The number of benzene rings is 4. The molecular weight excluding hydrogens is 703 g/mol. The number of Topliss-reactive ketones (excluding diaryl/α,β-unsaturated/α-hetero) is 2. The summed E-state index contributed by atoms with van der Waals surface area (Å²) in [5.74, 6) is -1.59. The van der Waals surface area contributed by atoms with Gasteiger partial charge in [-0.1, -0.05) is 106 Å². The van der Waals surface area contributed by atoms with E-state index >= 15 is 0 Å². The number of ketones is 2. The van der Waals surface area contributed by atoms with Crippen molar-refractivity contribution in [3.63, 3.8) is 0 Å². The molecule has 4 aromatic carbocycles. The minimum absolute atomic E-state index is 0. The second kappa shape index (κ2) is 17.8. The third kappa shape index (κ3) is 10.2. The summed E-state index contributed by atoms with van der Waals surface area (Å²) in [6.45, 7) is 22.2. The molecule has 2 atom stereocenters. The van der Waals surface area contributed by atoms with Crippen LogP contribution in [0.1, 0.15) is 104 Å². The van der Waals surface area contributed by atoms with Crippen LogP contribution < -0.4 is 10.2 Å². The summed E-state index contributed by atoms with van der Waals surface area (Å²) in [6, 6.07) is 18.5. The number of carbonyl (C=O) groups is 2. The van der Waals surface area contributed by atoms with Gasteiger partial charge in [0.2, 0.25) is 0 Å². The third-order valence-corrected chi connectivity index (χ3v) is 9.25. The van der Waals surface area contributed by atoms with Gasteiger partial charge in [-0.2, -0.15) is 0 Å². The zero-order chi connectivity index (χ0) is 38.6. The Kier molecular flexibility index (Phi) is 14.3. The van der Waals surface area contributed by atoms with E-state index in [4.69, 9.17) is 9.98 Å². The minimum atomic E-state index is -0.732. The summed E-state index contributed by atoms with van der Waals surface area (Å²) in [5.41, 5.74) is 11.7. The fourth-order valence-electron chi connectivity index (χ4n) is 7.34. The number of hydrogen-bond donors (Lipinski definition) is 0. The number of nitrogens with zero attached hydrogens (tertiary/aromatic N) is 2. The van der Waals surface area contributed by atoms with Crippen LogP contribution >= 0.6 is 0 Å². The molecule has 0 aliphatic carbocycles. The summed E-state index contributed by atoms with van der Waals surface area (Å²) in [6.07, 6.45) is 2.77. The number of aliphatic imine (C=N–C) groups is 2. The molecule has 0 fully saturated rings. The van der Waals surface area contributed by atoms with Crippen LogP contribution in [0.15, 0.2) is 81.8 Å². The van der Waals surface area contributed by atoms with E-state index in [0.717, 1.165) is 66.8 Å². The van der Waals surface area contributed by atoms with E-state index in [-0.39, 0.29) is 27.9 Å². The second-order valence-electron chi connectivity index (χ2n) is 14.4. The van der Waals surface area contributed by atoms with E-state index in [1.54, 1.807) is 0 Å². The van der Waals surface area contributed by atoms with Crippen molar-refractivity contribution in [1.29, 1.82) is 0 Å². The van der Waals surface area contributed by atoms with Gasteiger partial charge in [0.25, 0.3) is 0 Å². The maximum absolute atomic E-state index is 14.0. The average molecular weight is 754 g/mol. The first kappa shape index (κ1) is 42.6. The van der Waals surface area contributed by atoms with E-state index in [9.17, 15) is 19.8 Å². The third-order valence-electron chi connectivity index (χ3n) is 9.25. The van der Waals surface area contributed by atoms with Gasteiger partial charge in [0.15, 0.2) is 11.6 Å². The molecule has 0 saturated heterocycles. The molecule has 0 N–H and O–H groups in total. The smallest absolute Gasteiger partial charge is 0.872 e. The van der Waals surface area contributed by atoms with Crippen LogP contribution in [-0.2, 0) is 26.4 Å². The quantitative estimate of drug-likeness (QED) is 0.0872. The molecule has 0 bridgehead atoms. The summed E-state index contributed by atoms with van der Waals surface area (Å²) < 4.78 is 0. The Morgan fingerprint density at radius 1 is 0.472 bits per heavy atom. The predicted molar refractivity (Wildman–Crippen MR) is 211 cm³/mol. The number of allylic oxidation sites excluding steroid dienone is 2. The molecule has 53 heavy (non-hydrogen) atoms. The molecule has 0 amide bonds. The summed E-state index contributed by atoms with van der Waals surface area (Å²) >= 11 is 0. The summed E-state index contributed by atoms with van der Waals surface area (Å²) in [7, 11) is 0. The first-order valence-corrected chi connectivity index (χ1v) is 17.6. The van der Waals surface area contributed by atoms with Gasteiger partial charge in [0.1, 0.15) is 12.1 Å². The standard InChI is InChI=1S/C46H52N2O4.Co/c1-25-13-26(2)20-37(19-25)43(47-23-39(35(11)49)45(51)41-31(7)15-29(5)16-32(41)8)44(38-21-27(3)14-28(4)22-38)48-24-40(36(12)50)46(52)42-33(9)17-30(6)18-34(42)10;/h13-24,43-44,51-52H,1-12H3;/q;+2/p-2/b45-39-,46-40-,47-23?,48-24?;/t43-,44-;/m0./s1. The Labute approximate surface area is 325 Å². The molecule has 0 spiro atoms. The van der Waals surface area contributed by atoms with Gasteiger partial charge in [0, 0.05) is 23.6 Å². The molecular formula is C46H50CoN2O4. The van der Waals surface area contributed by atoms with E-state index < -0.39 is 35.2 Å². The molecule has 0 aromatic heterocycles. The molecule has 0 unspecified atom stereocenters. The second-order valence-corrected chi connectivity index (χ2v) is 14.4. The maximum Gasteiger partial charge on any atom is 2.00 e. The van der Waals surface area contributed by atoms with Crippen molar-refractivity contribution in [3.8, 4) is 0 Å². The average Bonchev–Trinajstić information content (AvgIpc) is 2.99.